The molecule has 0 bridgehead atoms. The summed E-state index contributed by atoms with van der Waals surface area (Å²) in [6.07, 6.45) is 0. The molecule has 0 saturated carbocycles. The summed E-state index contributed by atoms with van der Waals surface area (Å²) in [6, 6.07) is 16.1. The summed E-state index contributed by atoms with van der Waals surface area (Å²) in [4.78, 5) is 12.9. The van der Waals surface area contributed by atoms with Gasteiger partial charge in [0, 0.05) is 30.0 Å². The van der Waals surface area contributed by atoms with Crippen molar-refractivity contribution in [1.82, 2.24) is 0 Å². The van der Waals surface area contributed by atoms with Gasteiger partial charge >= 0.3 is 11.9 Å². The van der Waals surface area contributed by atoms with Crippen LogP contribution in [0, 0.1) is 0 Å². The van der Waals surface area contributed by atoms with Gasteiger partial charge in [-0.25, -0.2) is 0 Å². The molecule has 0 unspecified atom stereocenters. The Bertz CT molecular complexity index is 1410. The number of anilines is 1. The van der Waals surface area contributed by atoms with Crippen molar-refractivity contribution in [3.63, 3.8) is 0 Å². The summed E-state index contributed by atoms with van der Waals surface area (Å²) in [5, 5.41) is 25.8. The van der Waals surface area contributed by atoms with Gasteiger partial charge in [-0.2, -0.15) is 0 Å². The van der Waals surface area contributed by atoms with E-state index in [1.807, 2.05) is 0 Å². The van der Waals surface area contributed by atoms with Crippen molar-refractivity contribution >= 4 is 45.7 Å². The molecule has 1 amide bonds. The number of para-hydroxylation sites is 1. The van der Waals surface area contributed by atoms with Crippen molar-refractivity contribution in [1.29, 1.82) is 0 Å². The summed E-state index contributed by atoms with van der Waals surface area (Å²) in [6.45, 7) is -0.248. The Morgan fingerprint density at radius 1 is 0.941 bits per heavy atom. The van der Waals surface area contributed by atoms with E-state index >= 15 is 0 Å². The zero-order chi connectivity index (χ0) is 24.4. The highest BCUT2D eigenvalue weighted by atomic mass is 35.5. The molecule has 0 spiro atoms. The molecule has 0 atom stereocenters. The minimum Gasteiger partial charge on any atom is -0.493 e. The molecular weight excluding hydrogens is 481 g/mol. The quantitative estimate of drug-likeness (QED) is 0.349. The van der Waals surface area contributed by atoms with Gasteiger partial charge < -0.3 is 25.0 Å². The van der Waals surface area contributed by atoms with E-state index in [1.165, 1.54) is 29.4 Å². The number of amides is 1. The maximum absolute atomic E-state index is 12.9. The number of fused-ring (bicyclic) bond motifs is 1. The molecule has 0 aliphatic rings. The Kier molecular flexibility index (Phi) is 6.63. The van der Waals surface area contributed by atoms with Gasteiger partial charge in [0.05, 0.1) is 24.3 Å². The molecule has 4 aromatic rings. The molecular formula is C24H21Cl2N3O5+2. The number of methoxy groups -OCH3 is 2. The third-order valence-electron chi connectivity index (χ3n) is 5.22. The number of benzene rings is 3. The summed E-state index contributed by atoms with van der Waals surface area (Å²) in [5.41, 5.74) is 1.31. The van der Waals surface area contributed by atoms with Gasteiger partial charge in [-0.3, -0.25) is 4.79 Å². The van der Waals surface area contributed by atoms with Crippen LogP contribution in [0.5, 0.6) is 23.4 Å². The first-order valence-electron chi connectivity index (χ1n) is 10.1. The lowest BCUT2D eigenvalue weighted by Crippen LogP contribution is -2.49. The molecule has 8 nitrogen and oxygen atoms in total. The Balaban J connectivity index is 1.76. The Hall–Kier alpha value is -3.75. The van der Waals surface area contributed by atoms with Crippen LogP contribution >= 0.6 is 23.2 Å². The highest BCUT2D eigenvalue weighted by molar-refractivity contribution is 6.42. The molecule has 1 aromatic heterocycles. The maximum atomic E-state index is 12.9. The van der Waals surface area contributed by atoms with Crippen LogP contribution in [-0.4, -0.2) is 30.3 Å². The topological polar surface area (TPSA) is 95.8 Å². The smallest absolute Gasteiger partial charge is 0.493 e. The van der Waals surface area contributed by atoms with Crippen LogP contribution in [0.4, 0.5) is 5.69 Å². The minimum atomic E-state index is -0.413. The van der Waals surface area contributed by atoms with Crippen LogP contribution < -0.4 is 23.9 Å². The van der Waals surface area contributed by atoms with Gasteiger partial charge in [0.2, 0.25) is 17.7 Å². The van der Waals surface area contributed by atoms with Crippen LogP contribution in [0.2, 0.25) is 10.0 Å². The predicted molar refractivity (Wildman–Crippen MR) is 127 cm³/mol. The molecule has 10 heteroatoms. The summed E-state index contributed by atoms with van der Waals surface area (Å²) in [7, 11) is 3.02. The van der Waals surface area contributed by atoms with Crippen molar-refractivity contribution < 1.29 is 33.6 Å². The van der Waals surface area contributed by atoms with Crippen molar-refractivity contribution in [3.05, 3.63) is 70.7 Å². The first kappa shape index (κ1) is 23.4. The third kappa shape index (κ3) is 4.37. The lowest BCUT2D eigenvalue weighted by Gasteiger charge is -2.10. The molecule has 3 aromatic carbocycles. The van der Waals surface area contributed by atoms with Gasteiger partial charge in [-0.1, -0.05) is 39.9 Å². The van der Waals surface area contributed by atoms with E-state index in [9.17, 15) is 15.0 Å². The van der Waals surface area contributed by atoms with Gasteiger partial charge in [0.15, 0.2) is 16.9 Å². The van der Waals surface area contributed by atoms with Crippen molar-refractivity contribution in [2.45, 2.75) is 6.54 Å². The number of hydrogen-bond donors (Lipinski definition) is 3. The first-order valence-corrected chi connectivity index (χ1v) is 10.9. The number of rotatable bonds is 6. The van der Waals surface area contributed by atoms with Crippen LogP contribution in [0.1, 0.15) is 0 Å². The number of nitrogens with one attached hydrogen (secondary N) is 1. The Morgan fingerprint density at radius 3 is 2.38 bits per heavy atom. The fourth-order valence-corrected chi connectivity index (χ4v) is 3.91. The van der Waals surface area contributed by atoms with E-state index in [0.29, 0.717) is 38.8 Å². The van der Waals surface area contributed by atoms with Gasteiger partial charge in [0.1, 0.15) is 0 Å². The number of carbonyl (C=O) groups excluding carboxylic acids is 1. The number of ether oxygens (including phenoxy) is 2. The zero-order valence-electron chi connectivity index (χ0n) is 18.3. The highest BCUT2D eigenvalue weighted by Crippen LogP contribution is 2.30. The molecule has 34 heavy (non-hydrogen) atoms. The van der Waals surface area contributed by atoms with Crippen molar-refractivity contribution in [2.75, 3.05) is 19.5 Å². The van der Waals surface area contributed by atoms with Gasteiger partial charge in [0.25, 0.3) is 5.91 Å². The van der Waals surface area contributed by atoms with E-state index in [2.05, 4.69) is 5.32 Å². The first-order chi connectivity index (χ1) is 16.3. The molecule has 174 valence electrons. The predicted octanol–water partition coefficient (Wildman–Crippen LogP) is 3.78. The molecule has 0 saturated heterocycles. The standard InChI is InChI=1S/C24H19Cl2N3O5/c1-33-20-10-7-14(11-21(20)34-2)27-22(30)13-28-19-6-4-3-5-16(19)23(31)29(24(28)32)15-8-9-17(25)18(26)12-15/h3-12H,13H2,1-2H3,(H,27,30)/p+2. The molecule has 4 rings (SSSR count). The van der Waals surface area contributed by atoms with Crippen molar-refractivity contribution in [2.24, 2.45) is 0 Å². The number of nitrogens with zero attached hydrogens (tertiary/aromatic N) is 2. The second-order valence-corrected chi connectivity index (χ2v) is 8.09. The van der Waals surface area contributed by atoms with E-state index in [0.717, 1.165) is 0 Å². The van der Waals surface area contributed by atoms with Gasteiger partial charge in [-0.15, -0.1) is 0 Å². The summed E-state index contributed by atoms with van der Waals surface area (Å²) < 4.78 is 13.1. The number of aromatic hydroxyl groups is 2. The fraction of sp³-hybridized carbons (Fsp3) is 0.125. The largest absolute Gasteiger partial charge is 0.638 e. The SMILES string of the molecule is COc1ccc(NC(=O)C[n+]2c(O)[n+](-c3ccc(Cl)c(Cl)c3)c(O)c3ccccc32)cc1OC. The van der Waals surface area contributed by atoms with Crippen LogP contribution in [0.3, 0.4) is 0 Å². The van der Waals surface area contributed by atoms with Crippen molar-refractivity contribution in [3.8, 4) is 29.1 Å². The Morgan fingerprint density at radius 2 is 1.68 bits per heavy atom. The number of hydrogen-bond acceptors (Lipinski definition) is 5. The van der Waals surface area contributed by atoms with Crippen LogP contribution in [0.25, 0.3) is 16.6 Å². The van der Waals surface area contributed by atoms with Crippen LogP contribution in [0.15, 0.2) is 60.7 Å². The third-order valence-corrected chi connectivity index (χ3v) is 5.96. The zero-order valence-corrected chi connectivity index (χ0v) is 19.8. The maximum Gasteiger partial charge on any atom is 0.638 e. The number of carbonyl (C=O) groups is 1. The van der Waals surface area contributed by atoms with E-state index in [-0.39, 0.29) is 23.5 Å². The second kappa shape index (κ2) is 9.62. The lowest BCUT2D eigenvalue weighted by atomic mass is 10.2. The van der Waals surface area contributed by atoms with E-state index in [1.54, 1.807) is 54.6 Å². The molecule has 0 aliphatic carbocycles. The molecule has 0 fully saturated rings. The second-order valence-electron chi connectivity index (χ2n) is 7.28. The summed E-state index contributed by atoms with van der Waals surface area (Å²) >= 11 is 12.2. The summed E-state index contributed by atoms with van der Waals surface area (Å²) in [5.74, 6) is 0.357. The molecule has 3 N–H and O–H groups in total. The fourth-order valence-electron chi connectivity index (χ4n) is 3.62. The van der Waals surface area contributed by atoms with E-state index < -0.39 is 5.91 Å². The highest BCUT2D eigenvalue weighted by Gasteiger charge is 2.36. The number of halogens is 2. The average molecular weight is 502 g/mol. The van der Waals surface area contributed by atoms with Crippen LogP contribution in [-0.2, 0) is 11.3 Å². The average Bonchev–Trinajstić information content (AvgIpc) is 2.84. The Labute approximate surface area is 205 Å². The number of aromatic nitrogens is 2. The molecule has 0 aliphatic heterocycles. The van der Waals surface area contributed by atoms with E-state index in [4.69, 9.17) is 32.7 Å². The normalized spacial score (nSPS) is 10.8. The molecule has 0 radical (unpaired) electrons. The minimum absolute atomic E-state index is 0.219. The molecule has 1 heterocycles. The van der Waals surface area contributed by atoms with Gasteiger partial charge in [-0.05, 0) is 28.8 Å². The lowest BCUT2D eigenvalue weighted by molar-refractivity contribution is -0.774. The monoisotopic (exact) mass is 501 g/mol.